The Morgan fingerprint density at radius 2 is 1.81 bits per heavy atom. The highest BCUT2D eigenvalue weighted by molar-refractivity contribution is 6.12. The fraction of sp³-hybridized carbons (Fsp3) is 0.296. The van der Waals surface area contributed by atoms with E-state index in [1.54, 1.807) is 35.0 Å². The molecule has 0 spiro atoms. The highest BCUT2D eigenvalue weighted by Gasteiger charge is 2.44. The number of anilines is 1. The number of carbonyl (C=O) groups is 1. The van der Waals surface area contributed by atoms with Crippen LogP contribution >= 0.6 is 0 Å². The lowest BCUT2D eigenvalue weighted by atomic mass is 10.0. The number of hydrogen-bond acceptors (Lipinski definition) is 7. The van der Waals surface area contributed by atoms with Gasteiger partial charge in [-0.1, -0.05) is 12.1 Å². The van der Waals surface area contributed by atoms with Gasteiger partial charge in [0.05, 0.1) is 54.1 Å². The van der Waals surface area contributed by atoms with Crippen LogP contribution in [0.1, 0.15) is 58.8 Å². The van der Waals surface area contributed by atoms with Gasteiger partial charge >= 0.3 is 6.01 Å². The molecular formula is C27H27N7O3. The van der Waals surface area contributed by atoms with Crippen molar-refractivity contribution < 1.29 is 14.3 Å². The smallest absolute Gasteiger partial charge is 0.319 e. The predicted molar refractivity (Wildman–Crippen MR) is 137 cm³/mol. The van der Waals surface area contributed by atoms with Crippen LogP contribution in [0.4, 0.5) is 5.82 Å². The molecule has 0 bridgehead atoms. The molecule has 1 aliphatic rings. The normalized spacial score (nSPS) is 14.7. The third-order valence-corrected chi connectivity index (χ3v) is 6.52. The fourth-order valence-electron chi connectivity index (χ4n) is 5.01. The Labute approximate surface area is 214 Å². The van der Waals surface area contributed by atoms with E-state index >= 15 is 0 Å². The predicted octanol–water partition coefficient (Wildman–Crippen LogP) is 4.21. The van der Waals surface area contributed by atoms with Crippen molar-refractivity contribution in [1.82, 2.24) is 24.3 Å². The van der Waals surface area contributed by atoms with Gasteiger partial charge in [-0.05, 0) is 44.5 Å². The molecule has 1 atom stereocenters. The first kappa shape index (κ1) is 24.1. The second-order valence-electron chi connectivity index (χ2n) is 9.15. The summed E-state index contributed by atoms with van der Waals surface area (Å²) in [5.74, 6) is 0.906. The number of amides is 1. The molecule has 0 saturated heterocycles. The molecule has 0 N–H and O–H groups in total. The zero-order valence-corrected chi connectivity index (χ0v) is 21.6. The van der Waals surface area contributed by atoms with E-state index in [1.807, 2.05) is 38.2 Å². The van der Waals surface area contributed by atoms with Crippen LogP contribution in [0.2, 0.25) is 0 Å². The third-order valence-electron chi connectivity index (χ3n) is 6.52. The van der Waals surface area contributed by atoms with Crippen molar-refractivity contribution in [2.45, 2.75) is 32.9 Å². The van der Waals surface area contributed by atoms with Gasteiger partial charge in [0.2, 0.25) is 5.88 Å². The second kappa shape index (κ2) is 9.09. The minimum absolute atomic E-state index is 0.00698. The Morgan fingerprint density at radius 3 is 2.38 bits per heavy atom. The molecule has 188 valence electrons. The molecule has 0 aliphatic carbocycles. The lowest BCUT2D eigenvalue weighted by molar-refractivity contribution is 0.0992. The molecule has 37 heavy (non-hydrogen) atoms. The molecular weight excluding hydrogens is 470 g/mol. The maximum Gasteiger partial charge on any atom is 0.319 e. The van der Waals surface area contributed by atoms with E-state index in [4.69, 9.17) is 9.47 Å². The average Bonchev–Trinajstić information content (AvgIpc) is 3.53. The maximum absolute atomic E-state index is 14.1. The first-order valence-electron chi connectivity index (χ1n) is 11.8. The Morgan fingerprint density at radius 1 is 1.08 bits per heavy atom. The van der Waals surface area contributed by atoms with E-state index in [-0.39, 0.29) is 18.0 Å². The zero-order chi connectivity index (χ0) is 26.4. The van der Waals surface area contributed by atoms with Crippen LogP contribution in [-0.4, -0.2) is 44.4 Å². The zero-order valence-electron chi connectivity index (χ0n) is 21.6. The summed E-state index contributed by atoms with van der Waals surface area (Å²) in [4.78, 5) is 24.5. The van der Waals surface area contributed by atoms with Gasteiger partial charge < -0.3 is 14.0 Å². The van der Waals surface area contributed by atoms with Gasteiger partial charge in [-0.2, -0.15) is 15.3 Å². The number of aryl methyl sites for hydroxylation is 2. The van der Waals surface area contributed by atoms with E-state index in [1.165, 1.54) is 7.11 Å². The summed E-state index contributed by atoms with van der Waals surface area (Å²) in [7, 11) is 4.87. The van der Waals surface area contributed by atoms with Crippen LogP contribution in [0.5, 0.6) is 11.9 Å². The number of hydrogen-bond donors (Lipinski definition) is 0. The highest BCUT2D eigenvalue weighted by atomic mass is 16.5. The maximum atomic E-state index is 14.1. The van der Waals surface area contributed by atoms with Gasteiger partial charge in [-0.15, -0.1) is 0 Å². The Hall–Kier alpha value is -4.65. The van der Waals surface area contributed by atoms with Gasteiger partial charge in [0.1, 0.15) is 11.9 Å². The van der Waals surface area contributed by atoms with Crippen LogP contribution in [0.25, 0.3) is 11.3 Å². The molecule has 4 aromatic rings. The molecule has 0 fully saturated rings. The first-order valence-corrected chi connectivity index (χ1v) is 11.8. The van der Waals surface area contributed by atoms with Crippen molar-refractivity contribution in [2.75, 3.05) is 19.1 Å². The standard InChI is InChI=1S/C27H27N7O3/c1-15(2)33-21(20-14-29-27(37-6)30-25(20)36-5)12-19-24(33)23(18-9-7-17(13-28)8-10-18)34(26(19)35)22-11-16(3)31-32(22)4/h7-12,14-15,23H,1-6H3. The highest BCUT2D eigenvalue weighted by Crippen LogP contribution is 2.47. The van der Waals surface area contributed by atoms with E-state index in [0.717, 1.165) is 22.6 Å². The van der Waals surface area contributed by atoms with E-state index in [0.29, 0.717) is 28.4 Å². The Balaban J connectivity index is 1.78. The molecule has 0 saturated carbocycles. The number of benzene rings is 1. The number of rotatable bonds is 6. The Bertz CT molecular complexity index is 1540. The number of carbonyl (C=O) groups excluding carboxylic acids is 1. The molecule has 5 rings (SSSR count). The number of methoxy groups -OCH3 is 2. The number of nitriles is 1. The Kier molecular flexibility index (Phi) is 5.91. The van der Waals surface area contributed by atoms with Gasteiger partial charge in [-0.3, -0.25) is 14.4 Å². The number of fused-ring (bicyclic) bond motifs is 1. The summed E-state index contributed by atoms with van der Waals surface area (Å²) in [5.41, 5.74) is 5.10. The number of aromatic nitrogens is 5. The minimum Gasteiger partial charge on any atom is -0.480 e. The van der Waals surface area contributed by atoms with Crippen molar-refractivity contribution in [3.05, 3.63) is 70.7 Å². The van der Waals surface area contributed by atoms with Gasteiger partial charge in [0.25, 0.3) is 5.91 Å². The van der Waals surface area contributed by atoms with Gasteiger partial charge in [-0.25, -0.2) is 4.98 Å². The molecule has 10 nitrogen and oxygen atoms in total. The summed E-state index contributed by atoms with van der Waals surface area (Å²) >= 11 is 0. The largest absolute Gasteiger partial charge is 0.480 e. The summed E-state index contributed by atoms with van der Waals surface area (Å²) in [6, 6.07) is 13.0. The summed E-state index contributed by atoms with van der Waals surface area (Å²) in [6.45, 7) is 6.03. The molecule has 0 radical (unpaired) electrons. The lowest BCUT2D eigenvalue weighted by Crippen LogP contribution is -2.31. The van der Waals surface area contributed by atoms with Crippen LogP contribution in [0, 0.1) is 18.3 Å². The second-order valence-corrected chi connectivity index (χ2v) is 9.15. The molecule has 1 unspecified atom stereocenters. The van der Waals surface area contributed by atoms with Crippen molar-refractivity contribution in [1.29, 1.82) is 5.26 Å². The average molecular weight is 498 g/mol. The first-order chi connectivity index (χ1) is 17.8. The summed E-state index contributed by atoms with van der Waals surface area (Å²) in [6.07, 6.45) is 1.65. The molecule has 10 heteroatoms. The van der Waals surface area contributed by atoms with Crippen LogP contribution < -0.4 is 14.4 Å². The lowest BCUT2D eigenvalue weighted by Gasteiger charge is -2.28. The van der Waals surface area contributed by atoms with Crippen molar-refractivity contribution in [2.24, 2.45) is 7.05 Å². The minimum atomic E-state index is -0.439. The van der Waals surface area contributed by atoms with Crippen LogP contribution in [-0.2, 0) is 7.05 Å². The van der Waals surface area contributed by atoms with Gasteiger partial charge in [0.15, 0.2) is 0 Å². The topological polar surface area (TPSA) is 111 Å². The number of nitrogens with zero attached hydrogens (tertiary/aromatic N) is 7. The monoisotopic (exact) mass is 497 g/mol. The van der Waals surface area contributed by atoms with E-state index in [9.17, 15) is 10.1 Å². The fourth-order valence-corrected chi connectivity index (χ4v) is 5.01. The SMILES string of the molecule is COc1ncc(-c2cc3c(n2C(C)C)C(c2ccc(C#N)cc2)N(c2cc(C)nn2C)C3=O)c(OC)n1. The molecule has 4 heterocycles. The van der Waals surface area contributed by atoms with Crippen molar-refractivity contribution in [3.63, 3.8) is 0 Å². The quantitative estimate of drug-likeness (QED) is 0.392. The van der Waals surface area contributed by atoms with Crippen molar-refractivity contribution >= 4 is 11.7 Å². The molecule has 1 aromatic carbocycles. The van der Waals surface area contributed by atoms with Crippen molar-refractivity contribution in [3.8, 4) is 29.2 Å². The van der Waals surface area contributed by atoms with Crippen LogP contribution in [0.3, 0.4) is 0 Å². The van der Waals surface area contributed by atoms with Crippen LogP contribution in [0.15, 0.2) is 42.6 Å². The molecule has 1 amide bonds. The number of ether oxygens (including phenoxy) is 2. The summed E-state index contributed by atoms with van der Waals surface area (Å²) in [5, 5.41) is 13.8. The van der Waals surface area contributed by atoms with Gasteiger partial charge in [0, 0.05) is 25.4 Å². The summed E-state index contributed by atoms with van der Waals surface area (Å²) < 4.78 is 14.6. The molecule has 3 aromatic heterocycles. The van der Waals surface area contributed by atoms with E-state index in [2.05, 4.69) is 39.6 Å². The third kappa shape index (κ3) is 3.80. The molecule has 1 aliphatic heterocycles. The van der Waals surface area contributed by atoms with E-state index < -0.39 is 6.04 Å².